The summed E-state index contributed by atoms with van der Waals surface area (Å²) in [4.78, 5) is 16.5. The Balaban J connectivity index is 1.60. The van der Waals surface area contributed by atoms with Crippen LogP contribution in [-0.2, 0) is 13.1 Å². The van der Waals surface area contributed by atoms with Crippen molar-refractivity contribution < 1.29 is 9.90 Å². The molecule has 0 spiro atoms. The molecule has 1 aromatic heterocycles. The number of aliphatic hydroxyl groups excluding tert-OH is 1. The molecule has 1 aromatic carbocycles. The second-order valence-corrected chi connectivity index (χ2v) is 6.78. The molecule has 0 saturated carbocycles. The van der Waals surface area contributed by atoms with Crippen molar-refractivity contribution in [2.75, 3.05) is 27.2 Å². The third kappa shape index (κ3) is 4.27. The van der Waals surface area contributed by atoms with Crippen molar-refractivity contribution in [1.29, 1.82) is 0 Å². The summed E-state index contributed by atoms with van der Waals surface area (Å²) in [6.45, 7) is 3.20. The molecule has 25 heavy (non-hydrogen) atoms. The highest BCUT2D eigenvalue weighted by atomic mass is 16.3. The van der Waals surface area contributed by atoms with Crippen LogP contribution in [-0.4, -0.2) is 57.8 Å². The van der Waals surface area contributed by atoms with Crippen LogP contribution in [0.25, 0.3) is 0 Å². The number of carbonyl (C=O) groups excluding carboxylic acids is 1. The number of hydrogen-bond acceptors (Lipinski definition) is 4. The second kappa shape index (κ2) is 7.80. The Morgan fingerprint density at radius 1 is 1.32 bits per heavy atom. The summed E-state index contributed by atoms with van der Waals surface area (Å²) in [6.07, 6.45) is 0.976. The molecule has 1 N–H and O–H groups in total. The van der Waals surface area contributed by atoms with E-state index >= 15 is 0 Å². The molecule has 0 bridgehead atoms. The van der Waals surface area contributed by atoms with Crippen LogP contribution >= 0.6 is 0 Å². The minimum Gasteiger partial charge on any atom is -0.388 e. The number of rotatable bonds is 5. The van der Waals surface area contributed by atoms with Crippen LogP contribution in [0.2, 0.25) is 0 Å². The van der Waals surface area contributed by atoms with Gasteiger partial charge in [-0.15, -0.1) is 0 Å². The van der Waals surface area contributed by atoms with E-state index in [9.17, 15) is 9.90 Å². The smallest absolute Gasteiger partial charge is 0.274 e. The molecule has 2 heterocycles. The number of benzene rings is 1. The zero-order valence-electron chi connectivity index (χ0n) is 14.9. The maximum absolute atomic E-state index is 12.6. The van der Waals surface area contributed by atoms with Crippen molar-refractivity contribution in [3.63, 3.8) is 0 Å². The SMILES string of the molecule is CN1CCCn2nc(C(=O)N(C)CC[C@@H](O)c3ccccc3)cc2C1. The molecule has 1 aliphatic heterocycles. The normalized spacial score (nSPS) is 16.1. The summed E-state index contributed by atoms with van der Waals surface area (Å²) in [5, 5.41) is 14.7. The number of hydrogen-bond donors (Lipinski definition) is 1. The van der Waals surface area contributed by atoms with Gasteiger partial charge in [-0.25, -0.2) is 0 Å². The predicted molar refractivity (Wildman–Crippen MR) is 96.2 cm³/mol. The van der Waals surface area contributed by atoms with Crippen LogP contribution in [0.4, 0.5) is 0 Å². The number of amides is 1. The van der Waals surface area contributed by atoms with Gasteiger partial charge in [0.15, 0.2) is 5.69 Å². The van der Waals surface area contributed by atoms with E-state index < -0.39 is 6.10 Å². The van der Waals surface area contributed by atoms with Gasteiger partial charge in [-0.1, -0.05) is 30.3 Å². The predicted octanol–water partition coefficient (Wildman–Crippen LogP) is 1.91. The molecule has 2 aromatic rings. The zero-order valence-corrected chi connectivity index (χ0v) is 14.9. The van der Waals surface area contributed by atoms with E-state index in [1.165, 1.54) is 0 Å². The molecule has 0 saturated heterocycles. The lowest BCUT2D eigenvalue weighted by molar-refractivity contribution is 0.0754. The van der Waals surface area contributed by atoms with Gasteiger partial charge in [0.2, 0.25) is 0 Å². The van der Waals surface area contributed by atoms with Crippen LogP contribution in [0.5, 0.6) is 0 Å². The summed E-state index contributed by atoms with van der Waals surface area (Å²) < 4.78 is 1.95. The first kappa shape index (κ1) is 17.6. The summed E-state index contributed by atoms with van der Waals surface area (Å²) in [5.41, 5.74) is 2.45. The summed E-state index contributed by atoms with van der Waals surface area (Å²) >= 11 is 0. The van der Waals surface area contributed by atoms with Crippen LogP contribution in [0.15, 0.2) is 36.4 Å². The first-order valence-electron chi connectivity index (χ1n) is 8.78. The van der Waals surface area contributed by atoms with Gasteiger partial charge in [-0.2, -0.15) is 5.10 Å². The molecule has 0 unspecified atom stereocenters. The fourth-order valence-corrected chi connectivity index (χ4v) is 3.18. The van der Waals surface area contributed by atoms with E-state index in [0.717, 1.165) is 37.3 Å². The molecule has 0 fully saturated rings. The lowest BCUT2D eigenvalue weighted by Gasteiger charge is -2.18. The standard InChI is InChI=1S/C19H26N4O2/c1-21-10-6-11-23-16(14-21)13-17(20-23)19(25)22(2)12-9-18(24)15-7-4-3-5-8-15/h3-5,7-8,13,18,24H,6,9-12,14H2,1-2H3/t18-/m1/s1. The highest BCUT2D eigenvalue weighted by Crippen LogP contribution is 2.17. The number of aliphatic hydroxyl groups is 1. The van der Waals surface area contributed by atoms with Gasteiger partial charge < -0.3 is 14.9 Å². The molecule has 0 radical (unpaired) electrons. The van der Waals surface area contributed by atoms with E-state index in [-0.39, 0.29) is 5.91 Å². The van der Waals surface area contributed by atoms with E-state index in [2.05, 4.69) is 17.0 Å². The Morgan fingerprint density at radius 3 is 2.84 bits per heavy atom. The van der Waals surface area contributed by atoms with E-state index in [4.69, 9.17) is 0 Å². The maximum Gasteiger partial charge on any atom is 0.274 e. The van der Waals surface area contributed by atoms with Crippen molar-refractivity contribution in [3.05, 3.63) is 53.3 Å². The monoisotopic (exact) mass is 342 g/mol. The van der Waals surface area contributed by atoms with Crippen molar-refractivity contribution >= 4 is 5.91 Å². The van der Waals surface area contributed by atoms with Crippen LogP contribution in [0, 0.1) is 0 Å². The van der Waals surface area contributed by atoms with Gasteiger partial charge in [0.25, 0.3) is 5.91 Å². The lowest BCUT2D eigenvalue weighted by atomic mass is 10.1. The quantitative estimate of drug-likeness (QED) is 0.902. The van der Waals surface area contributed by atoms with Crippen LogP contribution in [0.1, 0.15) is 40.7 Å². The molecule has 0 aliphatic carbocycles. The first-order chi connectivity index (χ1) is 12.0. The molecule has 1 amide bonds. The summed E-state index contributed by atoms with van der Waals surface area (Å²) in [7, 11) is 3.85. The Labute approximate surface area is 148 Å². The Kier molecular flexibility index (Phi) is 5.50. The van der Waals surface area contributed by atoms with Crippen molar-refractivity contribution in [1.82, 2.24) is 19.6 Å². The Morgan fingerprint density at radius 2 is 2.08 bits per heavy atom. The minimum absolute atomic E-state index is 0.0940. The van der Waals surface area contributed by atoms with Gasteiger partial charge in [0.1, 0.15) is 0 Å². The fourth-order valence-electron chi connectivity index (χ4n) is 3.18. The second-order valence-electron chi connectivity index (χ2n) is 6.78. The molecule has 6 nitrogen and oxygen atoms in total. The molecular formula is C19H26N4O2. The maximum atomic E-state index is 12.6. The number of aromatic nitrogens is 2. The first-order valence-corrected chi connectivity index (χ1v) is 8.78. The molecule has 1 aliphatic rings. The molecule has 134 valence electrons. The van der Waals surface area contributed by atoms with E-state index in [1.54, 1.807) is 11.9 Å². The summed E-state index contributed by atoms with van der Waals surface area (Å²) in [5.74, 6) is -0.0940. The van der Waals surface area contributed by atoms with Gasteiger partial charge in [0.05, 0.1) is 11.8 Å². The number of fused-ring (bicyclic) bond motifs is 1. The lowest BCUT2D eigenvalue weighted by Crippen LogP contribution is -2.29. The zero-order chi connectivity index (χ0) is 17.8. The van der Waals surface area contributed by atoms with E-state index in [0.29, 0.717) is 18.7 Å². The van der Waals surface area contributed by atoms with Crippen LogP contribution < -0.4 is 0 Å². The van der Waals surface area contributed by atoms with Crippen molar-refractivity contribution in [2.24, 2.45) is 0 Å². The fraction of sp³-hybridized carbons (Fsp3) is 0.474. The highest BCUT2D eigenvalue weighted by molar-refractivity contribution is 5.92. The van der Waals surface area contributed by atoms with Crippen molar-refractivity contribution in [2.45, 2.75) is 32.0 Å². The Bertz CT molecular complexity index is 713. The minimum atomic E-state index is -0.566. The van der Waals surface area contributed by atoms with Gasteiger partial charge in [0, 0.05) is 33.2 Å². The largest absolute Gasteiger partial charge is 0.388 e. The molecule has 1 atom stereocenters. The third-order valence-corrected chi connectivity index (χ3v) is 4.69. The molecular weight excluding hydrogens is 316 g/mol. The number of carbonyl (C=O) groups is 1. The molecule has 3 rings (SSSR count). The number of nitrogens with zero attached hydrogens (tertiary/aromatic N) is 4. The Hall–Kier alpha value is -2.18. The molecule has 6 heteroatoms. The van der Waals surface area contributed by atoms with E-state index in [1.807, 2.05) is 41.1 Å². The van der Waals surface area contributed by atoms with Gasteiger partial charge >= 0.3 is 0 Å². The van der Waals surface area contributed by atoms with Crippen LogP contribution in [0.3, 0.4) is 0 Å². The highest BCUT2D eigenvalue weighted by Gasteiger charge is 2.21. The summed E-state index contributed by atoms with van der Waals surface area (Å²) in [6, 6.07) is 11.4. The van der Waals surface area contributed by atoms with Gasteiger partial charge in [-0.3, -0.25) is 9.48 Å². The van der Waals surface area contributed by atoms with Gasteiger partial charge in [-0.05, 0) is 31.5 Å². The topological polar surface area (TPSA) is 61.6 Å². The average Bonchev–Trinajstić information content (AvgIpc) is 2.93. The average molecular weight is 342 g/mol. The third-order valence-electron chi connectivity index (χ3n) is 4.69. The van der Waals surface area contributed by atoms with Crippen molar-refractivity contribution in [3.8, 4) is 0 Å². The number of aryl methyl sites for hydroxylation is 1.